The molecule has 0 heterocycles. The SMILES string of the molecule is COC(c1ccccc1F)C(C)OC(=O)NC1CC1. The minimum absolute atomic E-state index is 0.231. The van der Waals surface area contributed by atoms with Crippen LogP contribution < -0.4 is 5.32 Å². The van der Waals surface area contributed by atoms with Crippen LogP contribution in [-0.4, -0.2) is 25.3 Å². The number of rotatable bonds is 5. The zero-order valence-electron chi connectivity index (χ0n) is 11.1. The number of hydrogen-bond acceptors (Lipinski definition) is 3. The van der Waals surface area contributed by atoms with Crippen molar-refractivity contribution in [1.82, 2.24) is 5.32 Å². The minimum Gasteiger partial charge on any atom is -0.443 e. The van der Waals surface area contributed by atoms with Crippen LogP contribution in [-0.2, 0) is 9.47 Å². The number of amides is 1. The maximum atomic E-state index is 13.7. The topological polar surface area (TPSA) is 47.6 Å². The molecular formula is C14H18FNO3. The molecule has 1 aliphatic rings. The highest BCUT2D eigenvalue weighted by Gasteiger charge is 2.28. The van der Waals surface area contributed by atoms with E-state index in [-0.39, 0.29) is 11.9 Å². The number of methoxy groups -OCH3 is 1. The van der Waals surface area contributed by atoms with Gasteiger partial charge in [0.1, 0.15) is 18.0 Å². The lowest BCUT2D eigenvalue weighted by molar-refractivity contribution is -0.0166. The minimum atomic E-state index is -0.619. The molecule has 5 heteroatoms. The average Bonchev–Trinajstić information content (AvgIpc) is 3.16. The first-order chi connectivity index (χ1) is 9.11. The van der Waals surface area contributed by atoms with E-state index in [1.54, 1.807) is 25.1 Å². The van der Waals surface area contributed by atoms with Crippen molar-refractivity contribution in [2.75, 3.05) is 7.11 Å². The van der Waals surface area contributed by atoms with Crippen LogP contribution >= 0.6 is 0 Å². The molecular weight excluding hydrogens is 249 g/mol. The second-order valence-electron chi connectivity index (χ2n) is 4.71. The molecule has 1 N–H and O–H groups in total. The number of carbonyl (C=O) groups is 1. The maximum Gasteiger partial charge on any atom is 0.407 e. The van der Waals surface area contributed by atoms with Gasteiger partial charge in [0, 0.05) is 18.7 Å². The van der Waals surface area contributed by atoms with Crippen LogP contribution in [0.15, 0.2) is 24.3 Å². The fraction of sp³-hybridized carbons (Fsp3) is 0.500. The Hall–Kier alpha value is -1.62. The van der Waals surface area contributed by atoms with Crippen LogP contribution in [0.25, 0.3) is 0 Å². The summed E-state index contributed by atoms with van der Waals surface area (Å²) in [6.07, 6.45) is 0.315. The third-order valence-electron chi connectivity index (χ3n) is 3.08. The summed E-state index contributed by atoms with van der Waals surface area (Å²) in [5.74, 6) is -0.368. The summed E-state index contributed by atoms with van der Waals surface area (Å²) in [6.45, 7) is 1.69. The molecule has 1 aromatic rings. The molecule has 0 bridgehead atoms. The van der Waals surface area contributed by atoms with Gasteiger partial charge >= 0.3 is 6.09 Å². The van der Waals surface area contributed by atoms with Crippen LogP contribution in [0, 0.1) is 5.82 Å². The Labute approximate surface area is 111 Å². The Balaban J connectivity index is 1.99. The molecule has 1 amide bonds. The van der Waals surface area contributed by atoms with Crippen LogP contribution in [0.2, 0.25) is 0 Å². The van der Waals surface area contributed by atoms with Crippen LogP contribution in [0.3, 0.4) is 0 Å². The molecule has 2 atom stereocenters. The van der Waals surface area contributed by atoms with Gasteiger partial charge in [-0.3, -0.25) is 0 Å². The highest BCUT2D eigenvalue weighted by molar-refractivity contribution is 5.68. The Kier molecular flexibility index (Phi) is 4.37. The van der Waals surface area contributed by atoms with Crippen molar-refractivity contribution in [1.29, 1.82) is 0 Å². The van der Waals surface area contributed by atoms with Crippen molar-refractivity contribution in [3.63, 3.8) is 0 Å². The molecule has 104 valence electrons. The lowest BCUT2D eigenvalue weighted by atomic mass is 10.0. The summed E-state index contributed by atoms with van der Waals surface area (Å²) in [4.78, 5) is 11.6. The zero-order valence-corrected chi connectivity index (χ0v) is 11.1. The molecule has 1 fully saturated rings. The van der Waals surface area contributed by atoms with Gasteiger partial charge in [0.15, 0.2) is 0 Å². The maximum absolute atomic E-state index is 13.7. The van der Waals surface area contributed by atoms with Gasteiger partial charge in [0.05, 0.1) is 0 Å². The van der Waals surface area contributed by atoms with Gasteiger partial charge in [-0.05, 0) is 25.8 Å². The number of nitrogens with one attached hydrogen (secondary N) is 1. The predicted octanol–water partition coefficient (Wildman–Crippen LogP) is 2.79. The Morgan fingerprint density at radius 2 is 2.11 bits per heavy atom. The molecule has 2 rings (SSSR count). The second kappa shape index (κ2) is 6.02. The summed E-state index contributed by atoms with van der Waals surface area (Å²) in [5.41, 5.74) is 0.386. The van der Waals surface area contributed by atoms with E-state index in [0.717, 1.165) is 12.8 Å². The van der Waals surface area contributed by atoms with Crippen LogP contribution in [0.5, 0.6) is 0 Å². The third kappa shape index (κ3) is 3.67. The number of halogens is 1. The van der Waals surface area contributed by atoms with Gasteiger partial charge in [0.25, 0.3) is 0 Å². The third-order valence-corrected chi connectivity index (χ3v) is 3.08. The number of alkyl carbamates (subject to hydrolysis) is 1. The Morgan fingerprint density at radius 3 is 2.68 bits per heavy atom. The quantitative estimate of drug-likeness (QED) is 0.892. The summed E-state index contributed by atoms with van der Waals surface area (Å²) in [6, 6.07) is 6.55. The number of benzene rings is 1. The van der Waals surface area contributed by atoms with E-state index in [1.165, 1.54) is 13.2 Å². The monoisotopic (exact) mass is 267 g/mol. The fourth-order valence-electron chi connectivity index (χ4n) is 1.94. The molecule has 0 saturated heterocycles. The molecule has 0 radical (unpaired) electrons. The Morgan fingerprint density at radius 1 is 1.42 bits per heavy atom. The van der Waals surface area contributed by atoms with Gasteiger partial charge in [-0.1, -0.05) is 18.2 Å². The van der Waals surface area contributed by atoms with Crippen molar-refractivity contribution < 1.29 is 18.7 Å². The first-order valence-corrected chi connectivity index (χ1v) is 6.36. The number of carbonyl (C=O) groups excluding carboxylic acids is 1. The van der Waals surface area contributed by atoms with E-state index >= 15 is 0 Å². The van der Waals surface area contributed by atoms with E-state index in [4.69, 9.17) is 9.47 Å². The predicted molar refractivity (Wildman–Crippen MR) is 68.3 cm³/mol. The van der Waals surface area contributed by atoms with E-state index < -0.39 is 18.3 Å². The largest absolute Gasteiger partial charge is 0.443 e. The van der Waals surface area contributed by atoms with Gasteiger partial charge < -0.3 is 14.8 Å². The van der Waals surface area contributed by atoms with Gasteiger partial charge in [-0.25, -0.2) is 9.18 Å². The average molecular weight is 267 g/mol. The van der Waals surface area contributed by atoms with Crippen LogP contribution in [0.1, 0.15) is 31.4 Å². The van der Waals surface area contributed by atoms with E-state index in [0.29, 0.717) is 5.56 Å². The van der Waals surface area contributed by atoms with E-state index in [1.807, 2.05) is 0 Å². The fourth-order valence-corrected chi connectivity index (χ4v) is 1.94. The first kappa shape index (κ1) is 13.8. The number of hydrogen-bond donors (Lipinski definition) is 1. The van der Waals surface area contributed by atoms with E-state index in [9.17, 15) is 9.18 Å². The highest BCUT2D eigenvalue weighted by Crippen LogP contribution is 2.25. The van der Waals surface area contributed by atoms with Crippen molar-refractivity contribution in [2.45, 2.75) is 38.0 Å². The lowest BCUT2D eigenvalue weighted by Gasteiger charge is -2.23. The molecule has 0 spiro atoms. The standard InChI is InChI=1S/C14H18FNO3/c1-9(19-14(17)16-10-7-8-10)13(18-2)11-5-3-4-6-12(11)15/h3-6,9-10,13H,7-8H2,1-2H3,(H,16,17). The van der Waals surface area contributed by atoms with Crippen molar-refractivity contribution in [3.8, 4) is 0 Å². The normalized spacial score (nSPS) is 17.6. The molecule has 0 aromatic heterocycles. The van der Waals surface area contributed by atoms with Gasteiger partial charge in [-0.15, -0.1) is 0 Å². The highest BCUT2D eigenvalue weighted by atomic mass is 19.1. The summed E-state index contributed by atoms with van der Waals surface area (Å²) in [5, 5.41) is 2.72. The molecule has 4 nitrogen and oxygen atoms in total. The van der Waals surface area contributed by atoms with Gasteiger partial charge in [0.2, 0.25) is 0 Å². The summed E-state index contributed by atoms with van der Waals surface area (Å²) < 4.78 is 24.2. The number of ether oxygens (including phenoxy) is 2. The zero-order chi connectivity index (χ0) is 13.8. The summed E-state index contributed by atoms with van der Waals surface area (Å²) >= 11 is 0. The molecule has 2 unspecified atom stereocenters. The molecule has 0 aliphatic heterocycles. The molecule has 1 aromatic carbocycles. The van der Waals surface area contributed by atoms with Crippen LogP contribution in [0.4, 0.5) is 9.18 Å². The first-order valence-electron chi connectivity index (χ1n) is 6.36. The molecule has 19 heavy (non-hydrogen) atoms. The Bertz CT molecular complexity index is 448. The molecule has 1 aliphatic carbocycles. The van der Waals surface area contributed by atoms with Crippen molar-refractivity contribution >= 4 is 6.09 Å². The van der Waals surface area contributed by atoms with Gasteiger partial charge in [-0.2, -0.15) is 0 Å². The molecule has 1 saturated carbocycles. The van der Waals surface area contributed by atoms with E-state index in [2.05, 4.69) is 5.32 Å². The van der Waals surface area contributed by atoms with Crippen molar-refractivity contribution in [3.05, 3.63) is 35.6 Å². The van der Waals surface area contributed by atoms with Crippen molar-refractivity contribution in [2.24, 2.45) is 0 Å². The second-order valence-corrected chi connectivity index (χ2v) is 4.71. The summed E-state index contributed by atoms with van der Waals surface area (Å²) in [7, 11) is 1.47. The lowest BCUT2D eigenvalue weighted by Crippen LogP contribution is -2.32. The smallest absolute Gasteiger partial charge is 0.407 e.